The predicted octanol–water partition coefficient (Wildman–Crippen LogP) is 1.57. The van der Waals surface area contributed by atoms with Gasteiger partial charge >= 0.3 is 6.09 Å². The molecular formula is C16H24N4O3. The molecule has 1 unspecified atom stereocenters. The van der Waals surface area contributed by atoms with Crippen molar-refractivity contribution in [3.63, 3.8) is 0 Å². The normalized spacial score (nSPS) is 24.8. The molecular weight excluding hydrogens is 296 g/mol. The van der Waals surface area contributed by atoms with Crippen molar-refractivity contribution >= 4 is 12.0 Å². The number of aromatic amines is 1. The van der Waals surface area contributed by atoms with Gasteiger partial charge in [-0.05, 0) is 31.2 Å². The zero-order valence-corrected chi connectivity index (χ0v) is 13.6. The van der Waals surface area contributed by atoms with Crippen molar-refractivity contribution in [2.24, 2.45) is 0 Å². The lowest BCUT2D eigenvalue weighted by molar-refractivity contribution is -0.131. The Kier molecular flexibility index (Phi) is 4.54. The number of hydrogen-bond acceptors (Lipinski definition) is 4. The summed E-state index contributed by atoms with van der Waals surface area (Å²) >= 11 is 0. The molecule has 7 nitrogen and oxygen atoms in total. The summed E-state index contributed by atoms with van der Waals surface area (Å²) in [6.07, 6.45) is 8.12. The van der Waals surface area contributed by atoms with Gasteiger partial charge in [-0.2, -0.15) is 5.10 Å². The van der Waals surface area contributed by atoms with Gasteiger partial charge in [0.2, 0.25) is 5.91 Å². The fourth-order valence-corrected chi connectivity index (χ4v) is 3.49. The molecule has 1 aromatic rings. The van der Waals surface area contributed by atoms with E-state index in [4.69, 9.17) is 4.74 Å². The molecule has 0 aliphatic carbocycles. The molecule has 126 valence electrons. The maximum Gasteiger partial charge on any atom is 0.410 e. The van der Waals surface area contributed by atoms with Gasteiger partial charge in [-0.25, -0.2) is 4.79 Å². The molecule has 0 aromatic carbocycles. The molecule has 1 N–H and O–H groups in total. The Morgan fingerprint density at radius 3 is 3.00 bits per heavy atom. The standard InChI is InChI=1S/C16H24N4O3/c1-19-12-16(23-15(19)22)6-3-8-20(9-7-16)14(21)5-2-4-13-10-17-18-11-13/h10-11H,2-9,12H2,1H3,(H,17,18). The monoisotopic (exact) mass is 320 g/mol. The molecule has 2 saturated heterocycles. The van der Waals surface area contributed by atoms with Crippen LogP contribution in [0.25, 0.3) is 0 Å². The van der Waals surface area contributed by atoms with Crippen LogP contribution in [0.3, 0.4) is 0 Å². The largest absolute Gasteiger partial charge is 0.441 e. The van der Waals surface area contributed by atoms with Gasteiger partial charge < -0.3 is 14.5 Å². The average molecular weight is 320 g/mol. The number of likely N-dealkylation sites (tertiary alicyclic amines) is 1. The van der Waals surface area contributed by atoms with Gasteiger partial charge in [0.15, 0.2) is 0 Å². The molecule has 2 amide bonds. The second-order valence-electron chi connectivity index (χ2n) is 6.60. The van der Waals surface area contributed by atoms with E-state index in [2.05, 4.69) is 10.2 Å². The van der Waals surface area contributed by atoms with Gasteiger partial charge in [-0.1, -0.05) is 0 Å². The molecule has 2 aliphatic heterocycles. The quantitative estimate of drug-likeness (QED) is 0.913. The Morgan fingerprint density at radius 2 is 2.30 bits per heavy atom. The van der Waals surface area contributed by atoms with Crippen LogP contribution in [0.5, 0.6) is 0 Å². The number of nitrogens with one attached hydrogen (secondary N) is 1. The average Bonchev–Trinajstić information content (AvgIpc) is 3.06. The van der Waals surface area contributed by atoms with Gasteiger partial charge in [0.1, 0.15) is 5.60 Å². The van der Waals surface area contributed by atoms with Gasteiger partial charge in [0.05, 0.1) is 12.7 Å². The van der Waals surface area contributed by atoms with E-state index in [0.29, 0.717) is 19.5 Å². The summed E-state index contributed by atoms with van der Waals surface area (Å²) in [5, 5.41) is 6.69. The Morgan fingerprint density at radius 1 is 1.43 bits per heavy atom. The predicted molar refractivity (Wildman–Crippen MR) is 83.8 cm³/mol. The Balaban J connectivity index is 1.47. The minimum atomic E-state index is -0.391. The number of likely N-dealkylation sites (N-methyl/N-ethyl adjacent to an activating group) is 1. The van der Waals surface area contributed by atoms with Crippen LogP contribution in [-0.4, -0.2) is 64.3 Å². The highest BCUT2D eigenvalue weighted by Crippen LogP contribution is 2.32. The number of nitrogens with zero attached hydrogens (tertiary/aromatic N) is 3. The molecule has 0 radical (unpaired) electrons. The first kappa shape index (κ1) is 15.8. The summed E-state index contributed by atoms with van der Waals surface area (Å²) in [7, 11) is 1.76. The summed E-state index contributed by atoms with van der Waals surface area (Å²) in [6, 6.07) is 0. The van der Waals surface area contributed by atoms with E-state index >= 15 is 0 Å². The number of carbonyl (C=O) groups is 2. The number of H-pyrrole nitrogens is 1. The Hall–Kier alpha value is -2.05. The molecule has 1 spiro atoms. The number of rotatable bonds is 4. The molecule has 1 atom stereocenters. The molecule has 2 fully saturated rings. The number of aromatic nitrogens is 2. The lowest BCUT2D eigenvalue weighted by Gasteiger charge is -2.25. The Bertz CT molecular complexity index is 560. The maximum absolute atomic E-state index is 12.4. The first-order chi connectivity index (χ1) is 11.1. The van der Waals surface area contributed by atoms with E-state index in [1.54, 1.807) is 18.1 Å². The minimum absolute atomic E-state index is 0.197. The van der Waals surface area contributed by atoms with Crippen LogP contribution in [0.2, 0.25) is 0 Å². The zero-order chi connectivity index (χ0) is 16.3. The van der Waals surface area contributed by atoms with Crippen molar-refractivity contribution in [2.75, 3.05) is 26.7 Å². The van der Waals surface area contributed by atoms with E-state index in [1.807, 2.05) is 11.1 Å². The van der Waals surface area contributed by atoms with E-state index in [0.717, 1.165) is 44.2 Å². The van der Waals surface area contributed by atoms with E-state index in [9.17, 15) is 9.59 Å². The molecule has 3 rings (SSSR count). The first-order valence-corrected chi connectivity index (χ1v) is 8.28. The first-order valence-electron chi connectivity index (χ1n) is 8.28. The number of hydrogen-bond donors (Lipinski definition) is 1. The highest BCUT2D eigenvalue weighted by molar-refractivity contribution is 5.76. The van der Waals surface area contributed by atoms with E-state index in [-0.39, 0.29) is 12.0 Å². The van der Waals surface area contributed by atoms with Gasteiger partial charge in [-0.3, -0.25) is 9.89 Å². The number of amides is 2. The molecule has 3 heterocycles. The third kappa shape index (κ3) is 3.65. The minimum Gasteiger partial charge on any atom is -0.441 e. The molecule has 7 heteroatoms. The van der Waals surface area contributed by atoms with Crippen molar-refractivity contribution < 1.29 is 14.3 Å². The van der Waals surface area contributed by atoms with Gasteiger partial charge in [0, 0.05) is 39.2 Å². The molecule has 23 heavy (non-hydrogen) atoms. The molecule has 1 aromatic heterocycles. The van der Waals surface area contributed by atoms with Gasteiger partial charge in [0.25, 0.3) is 0 Å². The van der Waals surface area contributed by atoms with Crippen LogP contribution in [0, 0.1) is 0 Å². The van der Waals surface area contributed by atoms with E-state index in [1.165, 1.54) is 0 Å². The van der Waals surface area contributed by atoms with Crippen LogP contribution in [-0.2, 0) is 16.0 Å². The van der Waals surface area contributed by atoms with Crippen molar-refractivity contribution in [3.05, 3.63) is 18.0 Å². The van der Waals surface area contributed by atoms with Crippen LogP contribution < -0.4 is 0 Å². The smallest absolute Gasteiger partial charge is 0.410 e. The summed E-state index contributed by atoms with van der Waals surface area (Å²) in [5.41, 5.74) is 0.742. The van der Waals surface area contributed by atoms with Crippen molar-refractivity contribution in [1.29, 1.82) is 0 Å². The maximum atomic E-state index is 12.4. The number of aryl methyl sites for hydroxylation is 1. The highest BCUT2D eigenvalue weighted by Gasteiger charge is 2.44. The third-order valence-corrected chi connectivity index (χ3v) is 4.80. The summed E-state index contributed by atoms with van der Waals surface area (Å²) in [6.45, 7) is 2.06. The van der Waals surface area contributed by atoms with Crippen LogP contribution in [0.15, 0.2) is 12.4 Å². The number of carbonyl (C=O) groups excluding carboxylic acids is 2. The fraction of sp³-hybridized carbons (Fsp3) is 0.688. The van der Waals surface area contributed by atoms with Crippen LogP contribution >= 0.6 is 0 Å². The van der Waals surface area contributed by atoms with Crippen LogP contribution in [0.4, 0.5) is 4.79 Å². The zero-order valence-electron chi connectivity index (χ0n) is 13.6. The molecule has 2 aliphatic rings. The number of ether oxygens (including phenoxy) is 1. The lowest BCUT2D eigenvalue weighted by atomic mass is 9.95. The summed E-state index contributed by atoms with van der Waals surface area (Å²) < 4.78 is 5.58. The van der Waals surface area contributed by atoms with Crippen molar-refractivity contribution in [2.45, 2.75) is 44.1 Å². The van der Waals surface area contributed by atoms with E-state index < -0.39 is 5.60 Å². The SMILES string of the molecule is CN1CC2(CCCN(C(=O)CCCc3cn[nH]c3)CC2)OC1=O. The summed E-state index contributed by atoms with van der Waals surface area (Å²) in [4.78, 5) is 27.6. The van der Waals surface area contributed by atoms with Crippen molar-refractivity contribution in [1.82, 2.24) is 20.0 Å². The lowest BCUT2D eigenvalue weighted by Crippen LogP contribution is -2.36. The van der Waals surface area contributed by atoms with Crippen LogP contribution in [0.1, 0.15) is 37.7 Å². The topological polar surface area (TPSA) is 78.5 Å². The van der Waals surface area contributed by atoms with Crippen molar-refractivity contribution in [3.8, 4) is 0 Å². The Labute approximate surface area is 136 Å². The molecule has 0 saturated carbocycles. The highest BCUT2D eigenvalue weighted by atomic mass is 16.6. The fourth-order valence-electron chi connectivity index (χ4n) is 3.49. The second kappa shape index (κ2) is 6.60. The summed E-state index contributed by atoms with van der Waals surface area (Å²) in [5.74, 6) is 0.197. The molecule has 0 bridgehead atoms. The third-order valence-electron chi connectivity index (χ3n) is 4.80. The van der Waals surface area contributed by atoms with Gasteiger partial charge in [-0.15, -0.1) is 0 Å². The second-order valence-corrected chi connectivity index (χ2v) is 6.60.